The maximum Gasteiger partial charge on any atom is 0.227 e. The van der Waals surface area contributed by atoms with E-state index in [2.05, 4.69) is 41.5 Å². The lowest BCUT2D eigenvalue weighted by Gasteiger charge is -2.46. The third kappa shape index (κ3) is 5.03. The van der Waals surface area contributed by atoms with Crippen molar-refractivity contribution in [1.82, 2.24) is 4.90 Å². The highest BCUT2D eigenvalue weighted by atomic mass is 16.3. The van der Waals surface area contributed by atoms with Crippen LogP contribution in [0.5, 0.6) is 0 Å². The van der Waals surface area contributed by atoms with Crippen LogP contribution in [0.25, 0.3) is 0 Å². The lowest BCUT2D eigenvalue weighted by Crippen LogP contribution is -2.50. The summed E-state index contributed by atoms with van der Waals surface area (Å²) >= 11 is 0. The smallest absolute Gasteiger partial charge is 0.227 e. The number of hydrogen-bond donors (Lipinski definition) is 1. The molecule has 0 bridgehead atoms. The number of likely N-dealkylation sites (tertiary alicyclic amines) is 1. The SMILES string of the molecule is CC[C@@H]1C[C@@H](O)CN1C(=O)C(C(C)(C)C)C1(C)CCCCC(C)CCC1. The largest absolute Gasteiger partial charge is 0.391 e. The zero-order chi connectivity index (χ0) is 19.5. The second-order valence-corrected chi connectivity index (χ2v) is 10.6. The van der Waals surface area contributed by atoms with Crippen molar-refractivity contribution in [3.05, 3.63) is 0 Å². The molecule has 1 saturated carbocycles. The number of aliphatic hydroxyl groups excluding tert-OH is 1. The number of carbonyl (C=O) groups is 1. The van der Waals surface area contributed by atoms with Gasteiger partial charge >= 0.3 is 0 Å². The minimum Gasteiger partial charge on any atom is -0.391 e. The predicted molar refractivity (Wildman–Crippen MR) is 109 cm³/mol. The van der Waals surface area contributed by atoms with E-state index < -0.39 is 0 Å². The van der Waals surface area contributed by atoms with E-state index in [0.29, 0.717) is 12.5 Å². The lowest BCUT2D eigenvalue weighted by atomic mass is 9.60. The van der Waals surface area contributed by atoms with Gasteiger partial charge in [0.25, 0.3) is 0 Å². The summed E-state index contributed by atoms with van der Waals surface area (Å²) in [6.07, 6.45) is 10.0. The number of hydrogen-bond acceptors (Lipinski definition) is 2. The van der Waals surface area contributed by atoms with Crippen molar-refractivity contribution in [3.63, 3.8) is 0 Å². The van der Waals surface area contributed by atoms with Gasteiger partial charge < -0.3 is 10.0 Å². The Balaban J connectivity index is 2.29. The van der Waals surface area contributed by atoms with Crippen molar-refractivity contribution in [1.29, 1.82) is 0 Å². The Morgan fingerprint density at radius 1 is 1.19 bits per heavy atom. The molecule has 0 aromatic rings. The number of nitrogens with zero attached hydrogens (tertiary/aromatic N) is 1. The second-order valence-electron chi connectivity index (χ2n) is 10.6. The molecule has 1 aliphatic heterocycles. The zero-order valence-electron chi connectivity index (χ0n) is 18.2. The van der Waals surface area contributed by atoms with E-state index in [4.69, 9.17) is 0 Å². The van der Waals surface area contributed by atoms with Gasteiger partial charge in [-0.25, -0.2) is 0 Å². The molecule has 0 spiro atoms. The van der Waals surface area contributed by atoms with Crippen LogP contribution in [0, 0.1) is 22.7 Å². The fourth-order valence-corrected chi connectivity index (χ4v) is 5.86. The maximum absolute atomic E-state index is 13.8. The van der Waals surface area contributed by atoms with Gasteiger partial charge in [-0.05, 0) is 42.4 Å². The summed E-state index contributed by atoms with van der Waals surface area (Å²) in [4.78, 5) is 15.8. The molecule has 0 radical (unpaired) electrons. The molecule has 1 amide bonds. The molecule has 3 unspecified atom stereocenters. The van der Waals surface area contributed by atoms with E-state index in [9.17, 15) is 9.90 Å². The van der Waals surface area contributed by atoms with Gasteiger partial charge in [0.1, 0.15) is 0 Å². The van der Waals surface area contributed by atoms with Crippen LogP contribution in [0.15, 0.2) is 0 Å². The molecule has 3 heteroatoms. The molecule has 2 aliphatic rings. The second kappa shape index (κ2) is 8.63. The monoisotopic (exact) mass is 365 g/mol. The van der Waals surface area contributed by atoms with Crippen molar-refractivity contribution in [2.24, 2.45) is 22.7 Å². The molecular weight excluding hydrogens is 322 g/mol. The molecule has 5 atom stereocenters. The van der Waals surface area contributed by atoms with Crippen molar-refractivity contribution < 1.29 is 9.90 Å². The molecule has 26 heavy (non-hydrogen) atoms. The number of β-amino-alcohol motifs (C(OH)–C–C–N with tert-alkyl or cyclic N) is 1. The summed E-state index contributed by atoms with van der Waals surface area (Å²) in [5, 5.41) is 10.2. The van der Waals surface area contributed by atoms with Crippen LogP contribution in [-0.2, 0) is 4.79 Å². The Labute approximate surface area is 161 Å². The highest BCUT2D eigenvalue weighted by molar-refractivity contribution is 5.81. The van der Waals surface area contributed by atoms with E-state index >= 15 is 0 Å². The molecule has 1 aliphatic carbocycles. The first-order valence-corrected chi connectivity index (χ1v) is 11.1. The van der Waals surface area contributed by atoms with Crippen LogP contribution in [0.1, 0.15) is 99.3 Å². The van der Waals surface area contributed by atoms with Crippen LogP contribution >= 0.6 is 0 Å². The van der Waals surface area contributed by atoms with E-state index in [1.54, 1.807) is 0 Å². The topological polar surface area (TPSA) is 40.5 Å². The summed E-state index contributed by atoms with van der Waals surface area (Å²) in [6, 6.07) is 0.210. The molecule has 152 valence electrons. The van der Waals surface area contributed by atoms with Crippen LogP contribution in [0.2, 0.25) is 0 Å². The fourth-order valence-electron chi connectivity index (χ4n) is 5.86. The van der Waals surface area contributed by atoms with Gasteiger partial charge in [-0.1, -0.05) is 73.6 Å². The van der Waals surface area contributed by atoms with Gasteiger partial charge in [0.2, 0.25) is 5.91 Å². The molecule has 3 nitrogen and oxygen atoms in total. The fraction of sp³-hybridized carbons (Fsp3) is 0.957. The van der Waals surface area contributed by atoms with E-state index in [1.807, 2.05) is 4.90 Å². The highest BCUT2D eigenvalue weighted by Crippen LogP contribution is 2.49. The molecule has 1 N–H and O–H groups in total. The molecule has 1 heterocycles. The summed E-state index contributed by atoms with van der Waals surface area (Å²) in [6.45, 7) is 14.1. The lowest BCUT2D eigenvalue weighted by molar-refractivity contribution is -0.147. The van der Waals surface area contributed by atoms with E-state index in [1.165, 1.54) is 32.1 Å². The summed E-state index contributed by atoms with van der Waals surface area (Å²) in [5.74, 6) is 1.15. The third-order valence-corrected chi connectivity index (χ3v) is 7.10. The standard InChI is InChI=1S/C23H43NO2/c1-7-18-15-19(25)16-24(18)21(26)20(22(3,4)5)23(6)13-9-8-11-17(2)12-10-14-23/h17-20,25H,7-16H2,1-6H3/t17?,18-,19-,20?,23?/m1/s1. The summed E-state index contributed by atoms with van der Waals surface area (Å²) < 4.78 is 0. The Bertz CT molecular complexity index is 469. The molecule has 2 rings (SSSR count). The van der Waals surface area contributed by atoms with Crippen LogP contribution < -0.4 is 0 Å². The van der Waals surface area contributed by atoms with Crippen molar-refractivity contribution in [2.75, 3.05) is 6.54 Å². The summed E-state index contributed by atoms with van der Waals surface area (Å²) in [5.41, 5.74) is 0.00254. The van der Waals surface area contributed by atoms with Gasteiger partial charge in [0.05, 0.1) is 6.10 Å². The Kier molecular flexibility index (Phi) is 7.21. The quantitative estimate of drug-likeness (QED) is 0.726. The van der Waals surface area contributed by atoms with Gasteiger partial charge in [-0.2, -0.15) is 0 Å². The predicted octanol–water partition coefficient (Wildman–Crippen LogP) is 5.41. The zero-order valence-corrected chi connectivity index (χ0v) is 18.2. The molecule has 0 aromatic carbocycles. The number of rotatable bonds is 3. The minimum absolute atomic E-state index is 0.0303. The van der Waals surface area contributed by atoms with Crippen LogP contribution in [0.4, 0.5) is 0 Å². The van der Waals surface area contributed by atoms with Crippen molar-refractivity contribution >= 4 is 5.91 Å². The first-order valence-electron chi connectivity index (χ1n) is 11.1. The average molecular weight is 366 g/mol. The van der Waals surface area contributed by atoms with Crippen LogP contribution in [-0.4, -0.2) is 34.6 Å². The maximum atomic E-state index is 13.8. The molecule has 2 fully saturated rings. The first kappa shape index (κ1) is 21.7. The van der Waals surface area contributed by atoms with Gasteiger partial charge in [-0.3, -0.25) is 4.79 Å². The number of amides is 1. The van der Waals surface area contributed by atoms with E-state index in [0.717, 1.165) is 31.6 Å². The first-order chi connectivity index (χ1) is 12.1. The average Bonchev–Trinajstić information content (AvgIpc) is 2.93. The molecule has 1 saturated heterocycles. The minimum atomic E-state index is -0.348. The van der Waals surface area contributed by atoms with Gasteiger partial charge in [-0.15, -0.1) is 0 Å². The number of aliphatic hydroxyl groups is 1. The summed E-state index contributed by atoms with van der Waals surface area (Å²) in [7, 11) is 0. The highest BCUT2D eigenvalue weighted by Gasteiger charge is 2.49. The van der Waals surface area contributed by atoms with Crippen LogP contribution in [0.3, 0.4) is 0 Å². The van der Waals surface area contributed by atoms with Crippen molar-refractivity contribution in [2.45, 2.75) is 111 Å². The van der Waals surface area contributed by atoms with Gasteiger partial charge in [0.15, 0.2) is 0 Å². The Morgan fingerprint density at radius 3 is 2.42 bits per heavy atom. The Hall–Kier alpha value is -0.570. The normalized spacial score (nSPS) is 35.5. The third-order valence-electron chi connectivity index (χ3n) is 7.10. The van der Waals surface area contributed by atoms with Crippen molar-refractivity contribution in [3.8, 4) is 0 Å². The Morgan fingerprint density at radius 2 is 1.81 bits per heavy atom. The molecule has 0 aromatic heterocycles. The van der Waals surface area contributed by atoms with Gasteiger partial charge in [0, 0.05) is 18.5 Å². The van der Waals surface area contributed by atoms with E-state index in [-0.39, 0.29) is 28.9 Å². The number of carbonyl (C=O) groups excluding carboxylic acids is 1. The molecular formula is C23H43NO2.